The number of alkyl halides is 3. The molecular formula is C11H13F3O. The lowest BCUT2D eigenvalue weighted by atomic mass is 10.1. The van der Waals surface area contributed by atoms with E-state index in [9.17, 15) is 13.2 Å². The quantitative estimate of drug-likeness (QED) is 0.735. The molecular weight excluding hydrogens is 205 g/mol. The molecule has 1 aromatic rings. The lowest BCUT2D eigenvalue weighted by Crippen LogP contribution is -2.44. The predicted octanol–water partition coefficient (Wildman–Crippen LogP) is 3.71. The number of halogens is 3. The fourth-order valence-electron chi connectivity index (χ4n) is 1.00. The highest BCUT2D eigenvalue weighted by atomic mass is 19.4. The third-order valence-electron chi connectivity index (χ3n) is 2.14. The van der Waals surface area contributed by atoms with Gasteiger partial charge in [-0.05, 0) is 32.4 Å². The minimum absolute atomic E-state index is 0.264. The first kappa shape index (κ1) is 11.9. The maximum Gasteiger partial charge on any atom is 0.427 e. The lowest BCUT2D eigenvalue weighted by molar-refractivity contribution is -0.234. The maximum absolute atomic E-state index is 12.5. The van der Waals surface area contributed by atoms with E-state index in [2.05, 4.69) is 0 Å². The maximum atomic E-state index is 12.5. The van der Waals surface area contributed by atoms with Crippen molar-refractivity contribution in [2.75, 3.05) is 0 Å². The molecule has 84 valence electrons. The zero-order valence-electron chi connectivity index (χ0n) is 8.85. The van der Waals surface area contributed by atoms with Crippen LogP contribution in [0, 0.1) is 6.92 Å². The van der Waals surface area contributed by atoms with Crippen molar-refractivity contribution in [2.24, 2.45) is 0 Å². The van der Waals surface area contributed by atoms with Gasteiger partial charge in [0.05, 0.1) is 0 Å². The molecule has 0 aliphatic heterocycles. The van der Waals surface area contributed by atoms with Crippen molar-refractivity contribution in [3.63, 3.8) is 0 Å². The highest BCUT2D eigenvalue weighted by Crippen LogP contribution is 2.34. The Bertz CT molecular complexity index is 342. The molecule has 1 rings (SSSR count). The summed E-state index contributed by atoms with van der Waals surface area (Å²) in [5.41, 5.74) is -1.48. The van der Waals surface area contributed by atoms with Gasteiger partial charge in [-0.2, -0.15) is 13.2 Å². The molecule has 0 bridgehead atoms. The first-order valence-electron chi connectivity index (χ1n) is 4.55. The largest absolute Gasteiger partial charge is 0.478 e. The van der Waals surface area contributed by atoms with Gasteiger partial charge in [-0.25, -0.2) is 0 Å². The molecule has 1 aromatic carbocycles. The second-order valence-electron chi connectivity index (χ2n) is 3.88. The van der Waals surface area contributed by atoms with Crippen LogP contribution in [-0.2, 0) is 0 Å². The summed E-state index contributed by atoms with van der Waals surface area (Å²) < 4.78 is 42.5. The second-order valence-corrected chi connectivity index (χ2v) is 3.88. The number of ether oxygens (including phenoxy) is 1. The van der Waals surface area contributed by atoms with Crippen molar-refractivity contribution in [1.29, 1.82) is 0 Å². The van der Waals surface area contributed by atoms with Gasteiger partial charge in [0.1, 0.15) is 5.75 Å². The Morgan fingerprint density at radius 2 is 1.60 bits per heavy atom. The number of aryl methyl sites for hydroxylation is 1. The zero-order chi connectivity index (χ0) is 11.7. The predicted molar refractivity (Wildman–Crippen MR) is 51.9 cm³/mol. The van der Waals surface area contributed by atoms with E-state index in [4.69, 9.17) is 4.74 Å². The first-order valence-corrected chi connectivity index (χ1v) is 4.55. The van der Waals surface area contributed by atoms with Crippen LogP contribution in [0.25, 0.3) is 0 Å². The highest BCUT2D eigenvalue weighted by molar-refractivity contribution is 5.32. The topological polar surface area (TPSA) is 9.23 Å². The van der Waals surface area contributed by atoms with Crippen LogP contribution in [0.4, 0.5) is 13.2 Å². The molecule has 1 nitrogen and oxygen atoms in total. The van der Waals surface area contributed by atoms with Crippen LogP contribution in [0.3, 0.4) is 0 Å². The molecule has 0 saturated heterocycles. The molecule has 0 aromatic heterocycles. The Morgan fingerprint density at radius 1 is 1.07 bits per heavy atom. The molecule has 4 heteroatoms. The summed E-state index contributed by atoms with van der Waals surface area (Å²) in [7, 11) is 0. The van der Waals surface area contributed by atoms with E-state index in [0.717, 1.165) is 13.8 Å². The molecule has 0 aliphatic carbocycles. The van der Waals surface area contributed by atoms with Gasteiger partial charge in [0.25, 0.3) is 0 Å². The van der Waals surface area contributed by atoms with Gasteiger partial charge in [0.15, 0.2) is 5.60 Å². The van der Waals surface area contributed by atoms with Crippen molar-refractivity contribution >= 4 is 0 Å². The van der Waals surface area contributed by atoms with Gasteiger partial charge >= 0.3 is 6.18 Å². The molecule has 0 saturated carbocycles. The van der Waals surface area contributed by atoms with E-state index >= 15 is 0 Å². The minimum Gasteiger partial charge on any atom is -0.478 e. The average Bonchev–Trinajstić information content (AvgIpc) is 2.06. The van der Waals surface area contributed by atoms with E-state index in [1.807, 2.05) is 0 Å². The van der Waals surface area contributed by atoms with E-state index in [0.29, 0.717) is 5.56 Å². The van der Waals surface area contributed by atoms with Crippen molar-refractivity contribution in [3.05, 3.63) is 29.8 Å². The van der Waals surface area contributed by atoms with Crippen molar-refractivity contribution in [2.45, 2.75) is 32.5 Å². The number of benzene rings is 1. The van der Waals surface area contributed by atoms with Crippen molar-refractivity contribution < 1.29 is 17.9 Å². The molecule has 0 N–H and O–H groups in total. The summed E-state index contributed by atoms with van der Waals surface area (Å²) in [6.07, 6.45) is -4.38. The van der Waals surface area contributed by atoms with Crippen molar-refractivity contribution in [1.82, 2.24) is 0 Å². The Hall–Kier alpha value is -1.19. The molecule has 0 amide bonds. The van der Waals surface area contributed by atoms with Crippen LogP contribution in [0.1, 0.15) is 19.4 Å². The first-order chi connectivity index (χ1) is 6.74. The summed E-state index contributed by atoms with van der Waals surface area (Å²) >= 11 is 0. The monoisotopic (exact) mass is 218 g/mol. The van der Waals surface area contributed by atoms with Crippen LogP contribution >= 0.6 is 0 Å². The summed E-state index contributed by atoms with van der Waals surface area (Å²) in [6, 6.07) is 6.64. The molecule has 0 radical (unpaired) electrons. The van der Waals surface area contributed by atoms with E-state index in [1.165, 1.54) is 6.07 Å². The Balaban J connectivity index is 2.92. The number of hydrogen-bond acceptors (Lipinski definition) is 1. The zero-order valence-corrected chi connectivity index (χ0v) is 8.85. The van der Waals surface area contributed by atoms with Gasteiger partial charge < -0.3 is 4.74 Å². The molecule has 0 unspecified atom stereocenters. The van der Waals surface area contributed by atoms with Gasteiger partial charge in [0, 0.05) is 0 Å². The fraction of sp³-hybridized carbons (Fsp3) is 0.455. The van der Waals surface area contributed by atoms with E-state index in [1.54, 1.807) is 25.1 Å². The number of rotatable bonds is 2. The molecule has 0 aliphatic rings. The van der Waals surface area contributed by atoms with Crippen LogP contribution in [0.5, 0.6) is 5.75 Å². The SMILES string of the molecule is Cc1ccccc1OC(C)(C)C(F)(F)F. The highest BCUT2D eigenvalue weighted by Gasteiger charge is 2.49. The van der Waals surface area contributed by atoms with Gasteiger partial charge in [-0.3, -0.25) is 0 Å². The lowest BCUT2D eigenvalue weighted by Gasteiger charge is -2.29. The molecule has 0 heterocycles. The van der Waals surface area contributed by atoms with Crippen LogP contribution in [0.2, 0.25) is 0 Å². The molecule has 0 fully saturated rings. The summed E-state index contributed by atoms with van der Waals surface area (Å²) in [5, 5.41) is 0. The van der Waals surface area contributed by atoms with Gasteiger partial charge in [0.2, 0.25) is 0 Å². The van der Waals surface area contributed by atoms with E-state index < -0.39 is 11.8 Å². The number of para-hydroxylation sites is 1. The third kappa shape index (κ3) is 2.64. The summed E-state index contributed by atoms with van der Waals surface area (Å²) in [5.74, 6) is 0.264. The molecule has 0 spiro atoms. The minimum atomic E-state index is -4.38. The molecule has 15 heavy (non-hydrogen) atoms. The van der Waals surface area contributed by atoms with E-state index in [-0.39, 0.29) is 5.75 Å². The van der Waals surface area contributed by atoms with Crippen LogP contribution in [-0.4, -0.2) is 11.8 Å². The normalized spacial score (nSPS) is 12.7. The van der Waals surface area contributed by atoms with Crippen molar-refractivity contribution in [3.8, 4) is 5.75 Å². The fourth-order valence-corrected chi connectivity index (χ4v) is 1.00. The number of hydrogen-bond donors (Lipinski definition) is 0. The van der Waals surface area contributed by atoms with Crippen LogP contribution in [0.15, 0.2) is 24.3 Å². The Kier molecular flexibility index (Phi) is 2.98. The summed E-state index contributed by atoms with van der Waals surface area (Å²) in [6.45, 7) is 3.74. The van der Waals surface area contributed by atoms with Gasteiger partial charge in [-0.15, -0.1) is 0 Å². The third-order valence-corrected chi connectivity index (χ3v) is 2.14. The average molecular weight is 218 g/mol. The van der Waals surface area contributed by atoms with Crippen LogP contribution < -0.4 is 4.74 Å². The standard InChI is InChI=1S/C11H13F3O/c1-8-6-4-5-7-9(8)15-10(2,3)11(12,13)14/h4-7H,1-3H3. The Labute approximate surface area is 86.9 Å². The second kappa shape index (κ2) is 3.76. The van der Waals surface area contributed by atoms with Gasteiger partial charge in [-0.1, -0.05) is 18.2 Å². The smallest absolute Gasteiger partial charge is 0.427 e. The Morgan fingerprint density at radius 3 is 2.07 bits per heavy atom. The summed E-state index contributed by atoms with van der Waals surface area (Å²) in [4.78, 5) is 0. The molecule has 0 atom stereocenters.